The average molecular weight is 383 g/mol. The first-order chi connectivity index (χ1) is 13.2. The maximum Gasteiger partial charge on any atom is 0.272 e. The number of hydrazine groups is 1. The number of methoxy groups -OCH3 is 1. The van der Waals surface area contributed by atoms with Crippen molar-refractivity contribution >= 4 is 11.8 Å². The van der Waals surface area contributed by atoms with Crippen molar-refractivity contribution in [2.75, 3.05) is 7.11 Å². The van der Waals surface area contributed by atoms with Gasteiger partial charge in [-0.1, -0.05) is 25.1 Å². The molecule has 0 aliphatic heterocycles. The van der Waals surface area contributed by atoms with Crippen molar-refractivity contribution in [1.29, 1.82) is 0 Å². The molecule has 2 amide bonds. The van der Waals surface area contributed by atoms with Gasteiger partial charge >= 0.3 is 0 Å². The second-order valence-corrected chi connectivity index (χ2v) is 7.94. The molecule has 0 radical (unpaired) electrons. The summed E-state index contributed by atoms with van der Waals surface area (Å²) in [5.41, 5.74) is 6.27. The Morgan fingerprint density at radius 3 is 2.18 bits per heavy atom. The summed E-state index contributed by atoms with van der Waals surface area (Å²) in [6.45, 7) is 10.1. The number of amides is 2. The van der Waals surface area contributed by atoms with Gasteiger partial charge in [-0.2, -0.15) is 0 Å². The Labute approximate surface area is 167 Å². The lowest BCUT2D eigenvalue weighted by Crippen LogP contribution is -2.55. The smallest absolute Gasteiger partial charge is 0.272 e. The van der Waals surface area contributed by atoms with Crippen LogP contribution in [0.4, 0.5) is 0 Å². The molecule has 2 aromatic rings. The summed E-state index contributed by atoms with van der Waals surface area (Å²) in [6, 6.07) is 13.0. The number of hydrogen-bond donors (Lipinski definition) is 1. The number of aryl methyl sites for hydroxylation is 2. The van der Waals surface area contributed by atoms with Crippen LogP contribution in [0.1, 0.15) is 65.1 Å². The van der Waals surface area contributed by atoms with Crippen LogP contribution < -0.4 is 5.43 Å². The van der Waals surface area contributed by atoms with Gasteiger partial charge in [-0.3, -0.25) is 15.0 Å². The zero-order chi connectivity index (χ0) is 20.9. The lowest BCUT2D eigenvalue weighted by molar-refractivity contribution is 0.0358. The van der Waals surface area contributed by atoms with Gasteiger partial charge in [-0.25, -0.2) is 5.01 Å². The molecule has 0 heterocycles. The number of nitrogens with one attached hydrogen (secondary N) is 1. The fourth-order valence-corrected chi connectivity index (χ4v) is 2.95. The van der Waals surface area contributed by atoms with E-state index in [1.807, 2.05) is 52.0 Å². The highest BCUT2D eigenvalue weighted by atomic mass is 16.5. The van der Waals surface area contributed by atoms with E-state index in [1.54, 1.807) is 25.3 Å². The molecular formula is C23H30N2O3. The van der Waals surface area contributed by atoms with Gasteiger partial charge in [0, 0.05) is 18.2 Å². The highest BCUT2D eigenvalue weighted by molar-refractivity contribution is 5.99. The second kappa shape index (κ2) is 9.02. The Bertz CT molecular complexity index is 836. The Balaban J connectivity index is 2.30. The Hall–Kier alpha value is -2.66. The normalized spacial score (nSPS) is 11.2. The third-order valence-corrected chi connectivity index (χ3v) is 4.41. The summed E-state index contributed by atoms with van der Waals surface area (Å²) < 4.78 is 5.19. The van der Waals surface area contributed by atoms with Crippen LogP contribution in [0.15, 0.2) is 42.5 Å². The summed E-state index contributed by atoms with van der Waals surface area (Å²) in [5.74, 6) is -0.567. The minimum absolute atomic E-state index is 0.257. The molecule has 0 saturated heterocycles. The number of ether oxygens (including phenoxy) is 1. The Morgan fingerprint density at radius 2 is 1.64 bits per heavy atom. The molecule has 0 bridgehead atoms. The molecule has 0 spiro atoms. The van der Waals surface area contributed by atoms with Gasteiger partial charge in [0.1, 0.15) is 0 Å². The van der Waals surface area contributed by atoms with Gasteiger partial charge in [0.25, 0.3) is 11.8 Å². The molecule has 2 rings (SSSR count). The SMILES string of the molecule is CCc1ccc(C(=O)NN(C(=O)c2cc(C)cc(COC)c2)C(C)(C)C)cc1. The first-order valence-electron chi connectivity index (χ1n) is 9.49. The van der Waals surface area contributed by atoms with E-state index in [0.717, 1.165) is 23.1 Å². The van der Waals surface area contributed by atoms with E-state index in [1.165, 1.54) is 5.01 Å². The zero-order valence-corrected chi connectivity index (χ0v) is 17.6. The molecular weight excluding hydrogens is 352 g/mol. The van der Waals surface area contributed by atoms with E-state index in [4.69, 9.17) is 4.74 Å². The lowest BCUT2D eigenvalue weighted by atomic mass is 10.0. The lowest BCUT2D eigenvalue weighted by Gasteiger charge is -2.35. The Morgan fingerprint density at radius 1 is 1.00 bits per heavy atom. The van der Waals surface area contributed by atoms with Crippen molar-refractivity contribution < 1.29 is 14.3 Å². The van der Waals surface area contributed by atoms with Crippen molar-refractivity contribution in [3.8, 4) is 0 Å². The van der Waals surface area contributed by atoms with E-state index >= 15 is 0 Å². The van der Waals surface area contributed by atoms with Crippen molar-refractivity contribution in [3.05, 3.63) is 70.3 Å². The van der Waals surface area contributed by atoms with Gasteiger partial charge in [-0.15, -0.1) is 0 Å². The summed E-state index contributed by atoms with van der Waals surface area (Å²) in [7, 11) is 1.62. The fraction of sp³-hybridized carbons (Fsp3) is 0.391. The van der Waals surface area contributed by atoms with E-state index in [0.29, 0.717) is 17.7 Å². The maximum absolute atomic E-state index is 13.2. The molecule has 0 saturated carbocycles. The molecule has 28 heavy (non-hydrogen) atoms. The van der Waals surface area contributed by atoms with Crippen molar-refractivity contribution in [2.45, 2.75) is 53.2 Å². The number of carbonyl (C=O) groups excluding carboxylic acids is 2. The van der Waals surface area contributed by atoms with Crippen LogP contribution in [0.2, 0.25) is 0 Å². The largest absolute Gasteiger partial charge is 0.380 e. The van der Waals surface area contributed by atoms with Gasteiger partial charge in [0.15, 0.2) is 0 Å². The van der Waals surface area contributed by atoms with Crippen molar-refractivity contribution in [1.82, 2.24) is 10.4 Å². The predicted octanol–water partition coefficient (Wildman–Crippen LogP) is 4.29. The van der Waals surface area contributed by atoms with Crippen LogP contribution >= 0.6 is 0 Å². The van der Waals surface area contributed by atoms with Crippen LogP contribution in [0, 0.1) is 6.92 Å². The minimum Gasteiger partial charge on any atom is -0.380 e. The van der Waals surface area contributed by atoms with E-state index < -0.39 is 5.54 Å². The van der Waals surface area contributed by atoms with E-state index in [9.17, 15) is 9.59 Å². The number of rotatable bonds is 5. The summed E-state index contributed by atoms with van der Waals surface area (Å²) in [4.78, 5) is 26.0. The minimum atomic E-state index is -0.596. The summed E-state index contributed by atoms with van der Waals surface area (Å²) in [5, 5.41) is 1.40. The van der Waals surface area contributed by atoms with Gasteiger partial charge in [-0.05, 0) is 75.1 Å². The van der Waals surface area contributed by atoms with Gasteiger partial charge in [0.05, 0.1) is 12.1 Å². The van der Waals surface area contributed by atoms with Crippen LogP contribution in [-0.2, 0) is 17.8 Å². The number of benzene rings is 2. The van der Waals surface area contributed by atoms with Crippen molar-refractivity contribution in [3.63, 3.8) is 0 Å². The molecule has 5 nitrogen and oxygen atoms in total. The topological polar surface area (TPSA) is 58.6 Å². The van der Waals surface area contributed by atoms with E-state index in [2.05, 4.69) is 12.3 Å². The molecule has 0 aliphatic carbocycles. The molecule has 0 aromatic heterocycles. The van der Waals surface area contributed by atoms with Gasteiger partial charge < -0.3 is 4.74 Å². The molecule has 0 unspecified atom stereocenters. The third-order valence-electron chi connectivity index (χ3n) is 4.41. The molecule has 0 fully saturated rings. The first-order valence-corrected chi connectivity index (χ1v) is 9.49. The van der Waals surface area contributed by atoms with Gasteiger partial charge in [0.2, 0.25) is 0 Å². The van der Waals surface area contributed by atoms with Crippen LogP contribution in [0.3, 0.4) is 0 Å². The second-order valence-electron chi connectivity index (χ2n) is 7.94. The predicted molar refractivity (Wildman–Crippen MR) is 111 cm³/mol. The van der Waals surface area contributed by atoms with Crippen molar-refractivity contribution in [2.24, 2.45) is 0 Å². The summed E-state index contributed by atoms with van der Waals surface area (Å²) >= 11 is 0. The highest BCUT2D eigenvalue weighted by Crippen LogP contribution is 2.19. The van der Waals surface area contributed by atoms with E-state index in [-0.39, 0.29) is 11.8 Å². The number of carbonyl (C=O) groups is 2. The molecule has 5 heteroatoms. The zero-order valence-electron chi connectivity index (χ0n) is 17.6. The standard InChI is InChI=1S/C23H30N2O3/c1-7-17-8-10-19(11-9-17)21(26)24-25(23(3,4)5)22(27)20-13-16(2)12-18(14-20)15-28-6/h8-14H,7,15H2,1-6H3,(H,24,26). The maximum atomic E-state index is 13.2. The molecule has 2 aromatic carbocycles. The molecule has 0 aliphatic rings. The monoisotopic (exact) mass is 382 g/mol. The number of hydrogen-bond acceptors (Lipinski definition) is 3. The fourth-order valence-electron chi connectivity index (χ4n) is 2.95. The van der Waals surface area contributed by atoms with Crippen LogP contribution in [-0.4, -0.2) is 29.5 Å². The first kappa shape index (κ1) is 21.6. The molecule has 150 valence electrons. The quantitative estimate of drug-likeness (QED) is 0.785. The number of nitrogens with zero attached hydrogens (tertiary/aromatic N) is 1. The Kier molecular flexibility index (Phi) is 6.97. The van der Waals surface area contributed by atoms with Crippen LogP contribution in [0.5, 0.6) is 0 Å². The molecule has 0 atom stereocenters. The third kappa shape index (κ3) is 5.42. The summed E-state index contributed by atoms with van der Waals surface area (Å²) in [6.07, 6.45) is 0.908. The highest BCUT2D eigenvalue weighted by Gasteiger charge is 2.30. The average Bonchev–Trinajstić information content (AvgIpc) is 2.64. The van der Waals surface area contributed by atoms with Crippen LogP contribution in [0.25, 0.3) is 0 Å². The molecule has 1 N–H and O–H groups in total.